The SMILES string of the molecule is [2H]N(C(=O)OC(C)(C)C)[C@@H](Cc1ccccc1)C(=O)N[C@@H](CCCN=C(N)N)C(=O)O. The summed E-state index contributed by atoms with van der Waals surface area (Å²) >= 11 is 0. The van der Waals surface area contributed by atoms with Gasteiger partial charge in [-0.05, 0) is 39.2 Å². The summed E-state index contributed by atoms with van der Waals surface area (Å²) in [6.45, 7) is 5.13. The minimum atomic E-state index is -1.29. The Kier molecular flexibility index (Phi) is 8.92. The first-order valence-corrected chi connectivity index (χ1v) is 9.54. The van der Waals surface area contributed by atoms with Crippen LogP contribution < -0.4 is 22.1 Å². The zero-order valence-corrected chi connectivity index (χ0v) is 17.5. The van der Waals surface area contributed by atoms with E-state index in [1.807, 2.05) is 0 Å². The van der Waals surface area contributed by atoms with Crippen molar-refractivity contribution in [3.05, 3.63) is 35.9 Å². The maximum Gasteiger partial charge on any atom is 0.408 e. The van der Waals surface area contributed by atoms with Gasteiger partial charge >= 0.3 is 12.1 Å². The number of carboxylic acid groups (broad SMARTS) is 1. The Labute approximate surface area is 177 Å². The number of ether oxygens (including phenoxy) is 1. The molecule has 10 heteroatoms. The lowest BCUT2D eigenvalue weighted by atomic mass is 10.0. The van der Waals surface area contributed by atoms with E-state index in [1.54, 1.807) is 51.1 Å². The Morgan fingerprint density at radius 1 is 1.20 bits per heavy atom. The molecule has 0 bridgehead atoms. The Hall–Kier alpha value is -3.30. The number of aliphatic imine (C=N–C) groups is 1. The lowest BCUT2D eigenvalue weighted by molar-refractivity contribution is -0.142. The number of amides is 2. The predicted molar refractivity (Wildman–Crippen MR) is 113 cm³/mol. The summed E-state index contributed by atoms with van der Waals surface area (Å²) in [5.74, 6) is -2.13. The standard InChI is InChI=1S/C20H31N5O5/c1-20(2,3)30-19(29)25-15(12-13-8-5-4-6-9-13)16(26)24-14(17(27)28)10-7-11-23-18(21)22/h4-6,8-9,14-15H,7,10-12H2,1-3H3,(H,24,26)(H,25,29)(H,27,28)(H4,21,22,23)/t14-,15-/m0/s1/i/hD. The Balaban J connectivity index is 2.98. The normalized spacial score (nSPS) is 13.4. The van der Waals surface area contributed by atoms with Gasteiger partial charge in [0.05, 0.1) is 0 Å². The monoisotopic (exact) mass is 422 g/mol. The van der Waals surface area contributed by atoms with Gasteiger partial charge in [-0.25, -0.2) is 9.59 Å². The van der Waals surface area contributed by atoms with E-state index < -0.39 is 35.7 Å². The van der Waals surface area contributed by atoms with Gasteiger partial charge in [-0.1, -0.05) is 30.3 Å². The van der Waals surface area contributed by atoms with Crippen molar-refractivity contribution in [2.45, 2.75) is 57.7 Å². The molecule has 0 heterocycles. The molecule has 0 aliphatic rings. The number of aliphatic carboxylic acids is 1. The summed E-state index contributed by atoms with van der Waals surface area (Å²) in [4.78, 5) is 40.6. The highest BCUT2D eigenvalue weighted by atomic mass is 16.6. The van der Waals surface area contributed by atoms with Crippen LogP contribution in [0, 0.1) is 0 Å². The van der Waals surface area contributed by atoms with Gasteiger partial charge in [0.2, 0.25) is 5.91 Å². The van der Waals surface area contributed by atoms with Crippen molar-refractivity contribution in [1.29, 1.82) is 0 Å². The highest BCUT2D eigenvalue weighted by Crippen LogP contribution is 2.09. The number of carboxylic acids is 1. The van der Waals surface area contributed by atoms with Crippen LogP contribution in [0.1, 0.15) is 39.2 Å². The van der Waals surface area contributed by atoms with Crippen molar-refractivity contribution in [1.82, 2.24) is 10.6 Å². The number of hydrogen-bond donors (Lipinski definition) is 5. The molecule has 0 fully saturated rings. The summed E-state index contributed by atoms with van der Waals surface area (Å²) in [5.41, 5.74) is 10.3. The Morgan fingerprint density at radius 2 is 1.83 bits per heavy atom. The van der Waals surface area contributed by atoms with Gasteiger partial charge in [-0.15, -0.1) is 0 Å². The second kappa shape index (κ2) is 11.6. The van der Waals surface area contributed by atoms with E-state index in [4.69, 9.17) is 17.6 Å². The van der Waals surface area contributed by atoms with Gasteiger partial charge in [-0.2, -0.15) is 0 Å². The smallest absolute Gasteiger partial charge is 0.408 e. The highest BCUT2D eigenvalue weighted by molar-refractivity contribution is 5.89. The molecule has 0 saturated heterocycles. The van der Waals surface area contributed by atoms with Crippen LogP contribution in [0.15, 0.2) is 35.3 Å². The van der Waals surface area contributed by atoms with Crippen LogP contribution in [-0.4, -0.2) is 53.3 Å². The number of alkyl carbamates (subject to hydrolysis) is 1. The van der Waals surface area contributed by atoms with E-state index in [1.165, 1.54) is 0 Å². The summed E-state index contributed by atoms with van der Waals surface area (Å²) in [7, 11) is 0. The average molecular weight is 423 g/mol. The maximum atomic E-state index is 12.9. The molecule has 0 saturated carbocycles. The Bertz CT molecular complexity index is 778. The van der Waals surface area contributed by atoms with Crippen molar-refractivity contribution in [2.24, 2.45) is 16.5 Å². The summed E-state index contributed by atoms with van der Waals surface area (Å²) in [5, 5.41) is 12.3. The van der Waals surface area contributed by atoms with Crippen LogP contribution in [0.25, 0.3) is 0 Å². The summed E-state index contributed by atoms with van der Waals surface area (Å²) < 4.78 is 13.4. The van der Waals surface area contributed by atoms with Crippen molar-refractivity contribution in [3.63, 3.8) is 0 Å². The molecule has 7 N–H and O–H groups in total. The van der Waals surface area contributed by atoms with Gasteiger partial charge in [0.25, 0.3) is 0 Å². The first kappa shape index (κ1) is 23.0. The average Bonchev–Trinajstić information content (AvgIpc) is 2.66. The molecule has 2 amide bonds. The molecule has 0 aliphatic heterocycles. The third kappa shape index (κ3) is 10.3. The molecule has 2 atom stereocenters. The largest absolute Gasteiger partial charge is 0.480 e. The lowest BCUT2D eigenvalue weighted by Gasteiger charge is -2.24. The van der Waals surface area contributed by atoms with Crippen LogP contribution in [0.5, 0.6) is 0 Å². The molecule has 1 aromatic rings. The maximum absolute atomic E-state index is 12.9. The van der Waals surface area contributed by atoms with E-state index in [9.17, 15) is 19.5 Å². The molecule has 30 heavy (non-hydrogen) atoms. The summed E-state index contributed by atoms with van der Waals surface area (Å²) in [6.07, 6.45) is -0.617. The van der Waals surface area contributed by atoms with Crippen molar-refractivity contribution in [2.75, 3.05) is 6.54 Å². The minimum Gasteiger partial charge on any atom is -0.480 e. The van der Waals surface area contributed by atoms with E-state index in [0.717, 1.165) is 0 Å². The number of carbonyl (C=O) groups excluding carboxylic acids is 2. The number of rotatable bonds is 10. The fourth-order valence-electron chi connectivity index (χ4n) is 2.48. The van der Waals surface area contributed by atoms with Crippen LogP contribution in [-0.2, 0) is 20.7 Å². The number of benzene rings is 1. The zero-order chi connectivity index (χ0) is 23.6. The Morgan fingerprint density at radius 3 is 2.37 bits per heavy atom. The molecule has 10 nitrogen and oxygen atoms in total. The fraction of sp³-hybridized carbons (Fsp3) is 0.500. The number of nitrogens with one attached hydrogen (secondary N) is 2. The van der Waals surface area contributed by atoms with E-state index in [-0.39, 0.29) is 25.3 Å². The van der Waals surface area contributed by atoms with E-state index >= 15 is 0 Å². The highest BCUT2D eigenvalue weighted by Gasteiger charge is 2.28. The van der Waals surface area contributed by atoms with E-state index in [2.05, 4.69) is 10.3 Å². The second-order valence-electron chi connectivity index (χ2n) is 7.66. The number of guanidine groups is 1. The van der Waals surface area contributed by atoms with Crippen molar-refractivity contribution in [3.8, 4) is 0 Å². The summed E-state index contributed by atoms with van der Waals surface area (Å²) in [6, 6.07) is 6.28. The molecule has 1 aromatic carbocycles. The van der Waals surface area contributed by atoms with Crippen molar-refractivity contribution >= 4 is 23.9 Å². The van der Waals surface area contributed by atoms with Crippen LogP contribution in [0.3, 0.4) is 0 Å². The molecule has 0 aliphatic carbocycles. The van der Waals surface area contributed by atoms with Gasteiger partial charge in [0.1, 0.15) is 17.7 Å². The van der Waals surface area contributed by atoms with Gasteiger partial charge in [0, 0.05) is 13.0 Å². The van der Waals surface area contributed by atoms with E-state index in [0.29, 0.717) is 17.3 Å². The third-order valence-electron chi connectivity index (χ3n) is 3.79. The van der Waals surface area contributed by atoms with Gasteiger partial charge < -0.3 is 31.9 Å². The van der Waals surface area contributed by atoms with Crippen molar-refractivity contribution < 1.29 is 25.6 Å². The fourth-order valence-corrected chi connectivity index (χ4v) is 2.48. The molecular formula is C20H31N5O5. The molecule has 0 spiro atoms. The topological polar surface area (TPSA) is 169 Å². The lowest BCUT2D eigenvalue weighted by Crippen LogP contribution is -2.53. The third-order valence-corrected chi connectivity index (χ3v) is 3.79. The van der Waals surface area contributed by atoms with Gasteiger partial charge in [-0.3, -0.25) is 9.79 Å². The van der Waals surface area contributed by atoms with Crippen LogP contribution in [0.4, 0.5) is 4.79 Å². The molecule has 0 radical (unpaired) electrons. The zero-order valence-electron chi connectivity index (χ0n) is 18.5. The predicted octanol–water partition coefficient (Wildman–Crippen LogP) is 0.745. The quantitative estimate of drug-likeness (QED) is 0.210. The van der Waals surface area contributed by atoms with Crippen LogP contribution in [0.2, 0.25) is 1.41 Å². The first-order valence-electron chi connectivity index (χ1n) is 9.99. The molecular weight excluding hydrogens is 390 g/mol. The number of nitrogens with zero attached hydrogens (tertiary/aromatic N) is 1. The molecule has 0 aromatic heterocycles. The number of hydrogen-bond acceptors (Lipinski definition) is 5. The number of carbonyl (C=O) groups is 3. The van der Waals surface area contributed by atoms with Gasteiger partial charge in [0.15, 0.2) is 7.37 Å². The minimum absolute atomic E-state index is 0.00968. The molecule has 1 rings (SSSR count). The second-order valence-corrected chi connectivity index (χ2v) is 7.66. The van der Waals surface area contributed by atoms with Crippen LogP contribution >= 0.6 is 0 Å². The molecule has 166 valence electrons. The number of nitrogens with two attached hydrogens (primary N) is 2. The first-order chi connectivity index (χ1) is 14.4. The molecule has 0 unspecified atom stereocenters.